The lowest BCUT2D eigenvalue weighted by Gasteiger charge is -2.27. The van der Waals surface area contributed by atoms with Crippen LogP contribution in [0.2, 0.25) is 0 Å². The smallest absolute Gasteiger partial charge is 0.222 e. The Balaban J connectivity index is 1.74. The Kier molecular flexibility index (Phi) is 5.60. The summed E-state index contributed by atoms with van der Waals surface area (Å²) in [5.41, 5.74) is 2.51. The summed E-state index contributed by atoms with van der Waals surface area (Å²) in [6, 6.07) is 8.45. The van der Waals surface area contributed by atoms with Crippen LogP contribution in [-0.2, 0) is 11.2 Å². The molecule has 0 bridgehead atoms. The summed E-state index contributed by atoms with van der Waals surface area (Å²) in [7, 11) is 1.94. The zero-order chi connectivity index (χ0) is 14.4. The molecular weight excluding hydrogens is 248 g/mol. The Bertz CT molecular complexity index is 421. The van der Waals surface area contributed by atoms with Crippen LogP contribution in [0.25, 0.3) is 0 Å². The maximum absolute atomic E-state index is 12.2. The molecule has 2 rings (SSSR count). The van der Waals surface area contributed by atoms with Crippen molar-refractivity contribution in [2.45, 2.75) is 32.6 Å². The summed E-state index contributed by atoms with van der Waals surface area (Å²) in [6.45, 7) is 5.15. The van der Waals surface area contributed by atoms with Crippen molar-refractivity contribution in [1.82, 2.24) is 10.2 Å². The molecule has 0 aromatic heterocycles. The van der Waals surface area contributed by atoms with Crippen LogP contribution in [0, 0.1) is 12.8 Å². The molecule has 1 heterocycles. The van der Waals surface area contributed by atoms with Crippen molar-refractivity contribution in [2.24, 2.45) is 5.92 Å². The van der Waals surface area contributed by atoms with Gasteiger partial charge in [0.1, 0.15) is 0 Å². The first-order valence-corrected chi connectivity index (χ1v) is 7.65. The van der Waals surface area contributed by atoms with E-state index in [4.69, 9.17) is 0 Å². The normalized spacial score (nSPS) is 18.8. The average Bonchev–Trinajstić information content (AvgIpc) is 2.47. The number of nitrogens with one attached hydrogen (secondary N) is 1. The van der Waals surface area contributed by atoms with E-state index in [1.54, 1.807) is 0 Å². The maximum Gasteiger partial charge on any atom is 0.222 e. The van der Waals surface area contributed by atoms with Crippen LogP contribution >= 0.6 is 0 Å². The fourth-order valence-electron chi connectivity index (χ4n) is 2.77. The van der Waals surface area contributed by atoms with Gasteiger partial charge in [0.25, 0.3) is 0 Å². The molecular formula is C17H26N2O. The van der Waals surface area contributed by atoms with Gasteiger partial charge < -0.3 is 10.2 Å². The molecule has 1 aromatic carbocycles. The molecule has 20 heavy (non-hydrogen) atoms. The predicted octanol–water partition coefficient (Wildman–Crippen LogP) is 2.39. The number of rotatable bonds is 5. The highest BCUT2D eigenvalue weighted by atomic mass is 16.2. The van der Waals surface area contributed by atoms with Gasteiger partial charge in [-0.1, -0.05) is 29.8 Å². The fourth-order valence-corrected chi connectivity index (χ4v) is 2.77. The van der Waals surface area contributed by atoms with Gasteiger partial charge in [-0.25, -0.2) is 0 Å². The average molecular weight is 274 g/mol. The van der Waals surface area contributed by atoms with Gasteiger partial charge in [-0.15, -0.1) is 0 Å². The van der Waals surface area contributed by atoms with Crippen LogP contribution in [0.4, 0.5) is 0 Å². The number of nitrogens with zero attached hydrogens (tertiary/aromatic N) is 1. The van der Waals surface area contributed by atoms with E-state index in [0.29, 0.717) is 12.3 Å². The Hall–Kier alpha value is -1.35. The van der Waals surface area contributed by atoms with Gasteiger partial charge in [0.2, 0.25) is 5.91 Å². The molecule has 0 radical (unpaired) electrons. The van der Waals surface area contributed by atoms with Crippen molar-refractivity contribution >= 4 is 5.91 Å². The van der Waals surface area contributed by atoms with Gasteiger partial charge >= 0.3 is 0 Å². The highest BCUT2D eigenvalue weighted by molar-refractivity contribution is 5.76. The zero-order valence-electron chi connectivity index (χ0n) is 12.7. The van der Waals surface area contributed by atoms with Crippen molar-refractivity contribution in [2.75, 3.05) is 26.7 Å². The lowest BCUT2D eigenvalue weighted by molar-refractivity contribution is -0.130. The lowest BCUT2D eigenvalue weighted by atomic mass is 9.99. The monoisotopic (exact) mass is 274 g/mol. The summed E-state index contributed by atoms with van der Waals surface area (Å²) >= 11 is 0. The summed E-state index contributed by atoms with van der Waals surface area (Å²) in [5.74, 6) is 0.883. The Morgan fingerprint density at radius 2 is 2.10 bits per heavy atom. The summed E-state index contributed by atoms with van der Waals surface area (Å²) in [4.78, 5) is 14.1. The summed E-state index contributed by atoms with van der Waals surface area (Å²) < 4.78 is 0. The van der Waals surface area contributed by atoms with E-state index in [0.717, 1.165) is 26.1 Å². The van der Waals surface area contributed by atoms with Gasteiger partial charge in [0.05, 0.1) is 0 Å². The second-order valence-corrected chi connectivity index (χ2v) is 5.97. The molecule has 0 aliphatic carbocycles. The molecule has 1 unspecified atom stereocenters. The first kappa shape index (κ1) is 15.0. The molecule has 110 valence electrons. The SMILES string of the molecule is Cc1ccc(CCC(=O)N(C)CC2CCCNC2)cc1. The number of amides is 1. The van der Waals surface area contributed by atoms with E-state index < -0.39 is 0 Å². The zero-order valence-corrected chi connectivity index (χ0v) is 12.7. The molecule has 1 saturated heterocycles. The minimum absolute atomic E-state index is 0.260. The third-order valence-electron chi connectivity index (χ3n) is 4.10. The van der Waals surface area contributed by atoms with Crippen LogP contribution < -0.4 is 5.32 Å². The minimum atomic E-state index is 0.260. The topological polar surface area (TPSA) is 32.3 Å². The van der Waals surface area contributed by atoms with E-state index in [-0.39, 0.29) is 5.91 Å². The maximum atomic E-state index is 12.2. The Morgan fingerprint density at radius 3 is 2.75 bits per heavy atom. The van der Waals surface area contributed by atoms with E-state index in [1.807, 2.05) is 11.9 Å². The molecule has 1 atom stereocenters. The number of carbonyl (C=O) groups excluding carboxylic acids is 1. The van der Waals surface area contributed by atoms with Crippen LogP contribution in [0.5, 0.6) is 0 Å². The molecule has 0 spiro atoms. The highest BCUT2D eigenvalue weighted by Crippen LogP contribution is 2.12. The van der Waals surface area contributed by atoms with Crippen molar-refractivity contribution in [3.63, 3.8) is 0 Å². The van der Waals surface area contributed by atoms with E-state index in [2.05, 4.69) is 36.5 Å². The second kappa shape index (κ2) is 7.44. The molecule has 3 heteroatoms. The predicted molar refractivity (Wildman–Crippen MR) is 82.7 cm³/mol. The largest absolute Gasteiger partial charge is 0.345 e. The first-order valence-electron chi connectivity index (χ1n) is 7.65. The summed E-state index contributed by atoms with van der Waals surface area (Å²) in [6.07, 6.45) is 3.92. The molecule has 3 nitrogen and oxygen atoms in total. The highest BCUT2D eigenvalue weighted by Gasteiger charge is 2.17. The minimum Gasteiger partial charge on any atom is -0.345 e. The van der Waals surface area contributed by atoms with Gasteiger partial charge in [0, 0.05) is 20.0 Å². The second-order valence-electron chi connectivity index (χ2n) is 5.97. The van der Waals surface area contributed by atoms with E-state index in [9.17, 15) is 4.79 Å². The quantitative estimate of drug-likeness (QED) is 0.894. The molecule has 1 amide bonds. The van der Waals surface area contributed by atoms with Gasteiger partial charge in [-0.2, -0.15) is 0 Å². The number of benzene rings is 1. The molecule has 0 saturated carbocycles. The Morgan fingerprint density at radius 1 is 1.35 bits per heavy atom. The van der Waals surface area contributed by atoms with E-state index >= 15 is 0 Å². The molecule has 1 aliphatic rings. The number of aryl methyl sites for hydroxylation is 2. The van der Waals surface area contributed by atoms with Crippen molar-refractivity contribution in [3.8, 4) is 0 Å². The van der Waals surface area contributed by atoms with Crippen molar-refractivity contribution < 1.29 is 4.79 Å². The van der Waals surface area contributed by atoms with Gasteiger partial charge in [-0.05, 0) is 50.8 Å². The Labute approximate surface area is 122 Å². The third-order valence-corrected chi connectivity index (χ3v) is 4.10. The first-order chi connectivity index (χ1) is 9.65. The van der Waals surface area contributed by atoms with Crippen LogP contribution in [0.1, 0.15) is 30.4 Å². The van der Waals surface area contributed by atoms with Crippen LogP contribution in [0.15, 0.2) is 24.3 Å². The molecule has 1 aromatic rings. The van der Waals surface area contributed by atoms with Crippen molar-refractivity contribution in [1.29, 1.82) is 0 Å². The third kappa shape index (κ3) is 4.64. The summed E-state index contributed by atoms with van der Waals surface area (Å²) in [5, 5.41) is 3.40. The van der Waals surface area contributed by atoms with Gasteiger partial charge in [0.15, 0.2) is 0 Å². The number of piperidine rings is 1. The van der Waals surface area contributed by atoms with Crippen molar-refractivity contribution in [3.05, 3.63) is 35.4 Å². The number of hydrogen-bond acceptors (Lipinski definition) is 2. The van der Waals surface area contributed by atoms with E-state index in [1.165, 1.54) is 24.0 Å². The molecule has 1 aliphatic heterocycles. The molecule has 1 N–H and O–H groups in total. The number of hydrogen-bond donors (Lipinski definition) is 1. The lowest BCUT2D eigenvalue weighted by Crippen LogP contribution is -2.39. The van der Waals surface area contributed by atoms with Crippen LogP contribution in [-0.4, -0.2) is 37.5 Å². The van der Waals surface area contributed by atoms with Gasteiger partial charge in [-0.3, -0.25) is 4.79 Å². The standard InChI is InChI=1S/C17H26N2O/c1-14-5-7-15(8-6-14)9-10-17(20)19(2)13-16-4-3-11-18-12-16/h5-8,16,18H,3-4,9-13H2,1-2H3. The molecule has 1 fully saturated rings. The fraction of sp³-hybridized carbons (Fsp3) is 0.588. The number of carbonyl (C=O) groups is 1. The van der Waals surface area contributed by atoms with Crippen LogP contribution in [0.3, 0.4) is 0 Å².